The second-order valence-corrected chi connectivity index (χ2v) is 9.26. The minimum atomic E-state index is -0.439. The van der Waals surface area contributed by atoms with Gasteiger partial charge in [0.05, 0.1) is 18.8 Å². The summed E-state index contributed by atoms with van der Waals surface area (Å²) >= 11 is 0. The van der Waals surface area contributed by atoms with Gasteiger partial charge in [-0.3, -0.25) is 4.79 Å². The highest BCUT2D eigenvalue weighted by atomic mass is 17.2. The number of nitrogens with one attached hydrogen (secondary N) is 1. The van der Waals surface area contributed by atoms with Crippen LogP contribution in [0.25, 0.3) is 16.6 Å². The first kappa shape index (κ1) is 23.4. The third-order valence-corrected chi connectivity index (χ3v) is 6.76. The van der Waals surface area contributed by atoms with Crippen LogP contribution in [-0.4, -0.2) is 47.0 Å². The lowest BCUT2D eigenvalue weighted by molar-refractivity contribution is -0.351. The summed E-state index contributed by atoms with van der Waals surface area (Å²) in [6.07, 6.45) is 6.99. The monoisotopic (exact) mass is 475 g/mol. The fourth-order valence-corrected chi connectivity index (χ4v) is 4.68. The maximum atomic E-state index is 11.9. The second kappa shape index (κ2) is 9.73. The number of rotatable bonds is 6. The summed E-state index contributed by atoms with van der Waals surface area (Å²) in [5.41, 5.74) is 3.96. The molecule has 5 rings (SSSR count). The van der Waals surface area contributed by atoms with Crippen molar-refractivity contribution in [2.75, 3.05) is 20.3 Å². The molecule has 3 heterocycles. The van der Waals surface area contributed by atoms with Crippen molar-refractivity contribution < 1.29 is 19.2 Å². The molecule has 1 fully saturated rings. The van der Waals surface area contributed by atoms with Crippen molar-refractivity contribution >= 4 is 16.6 Å². The van der Waals surface area contributed by atoms with Crippen LogP contribution < -0.4 is 10.3 Å². The van der Waals surface area contributed by atoms with Crippen molar-refractivity contribution in [3.63, 3.8) is 0 Å². The first-order valence-electron chi connectivity index (χ1n) is 11.8. The molecule has 3 aromatic rings. The van der Waals surface area contributed by atoms with Gasteiger partial charge in [0.2, 0.25) is 5.56 Å². The summed E-state index contributed by atoms with van der Waals surface area (Å²) in [5, 5.41) is 0.787. The van der Waals surface area contributed by atoms with Crippen molar-refractivity contribution in [3.8, 4) is 6.01 Å². The van der Waals surface area contributed by atoms with Gasteiger partial charge in [-0.2, -0.15) is 4.98 Å². The fourth-order valence-electron chi connectivity index (χ4n) is 4.68. The molecule has 0 spiro atoms. The van der Waals surface area contributed by atoms with E-state index in [1.807, 2.05) is 25.1 Å². The highest BCUT2D eigenvalue weighted by molar-refractivity contribution is 5.79. The Morgan fingerprint density at radius 1 is 1.26 bits per heavy atom. The Labute approximate surface area is 203 Å². The molecule has 1 N–H and O–H groups in total. The standard InChI is InChI=1S/C27H29N3O5/c1-17-13-23(31)29-25-22(17)15-28-26(30-25)33-16-19-10-12-34-35-24(19)21-14-27(2,32-3)11-9-20(21)18-7-5-4-6-8-18/h4-9,11,13,15,19,24H,10,12,14,16H2,1-3H3,(H,28,29,30,31). The molecule has 2 aromatic heterocycles. The minimum absolute atomic E-state index is 0.0147. The van der Waals surface area contributed by atoms with E-state index in [1.54, 1.807) is 13.3 Å². The first-order valence-corrected chi connectivity index (χ1v) is 11.8. The van der Waals surface area contributed by atoms with Crippen LogP contribution in [0, 0.1) is 12.8 Å². The Hall–Kier alpha value is -3.33. The third-order valence-electron chi connectivity index (χ3n) is 6.76. The second-order valence-electron chi connectivity index (χ2n) is 9.26. The van der Waals surface area contributed by atoms with Crippen molar-refractivity contribution in [1.29, 1.82) is 0 Å². The lowest BCUT2D eigenvalue weighted by atomic mass is 9.78. The molecule has 3 atom stereocenters. The first-order chi connectivity index (χ1) is 17.0. The number of aryl methyl sites for hydroxylation is 1. The number of aromatic amines is 1. The van der Waals surface area contributed by atoms with Crippen LogP contribution in [0.5, 0.6) is 6.01 Å². The van der Waals surface area contributed by atoms with Gasteiger partial charge in [0.1, 0.15) is 11.8 Å². The van der Waals surface area contributed by atoms with Crippen LogP contribution in [0.4, 0.5) is 0 Å². The van der Waals surface area contributed by atoms with Gasteiger partial charge in [-0.1, -0.05) is 42.5 Å². The van der Waals surface area contributed by atoms with Crippen LogP contribution in [-0.2, 0) is 14.5 Å². The molecular weight excluding hydrogens is 446 g/mol. The number of hydrogen-bond acceptors (Lipinski definition) is 7. The summed E-state index contributed by atoms with van der Waals surface area (Å²) in [7, 11) is 1.72. The van der Waals surface area contributed by atoms with Crippen molar-refractivity contribution in [2.24, 2.45) is 5.92 Å². The topological polar surface area (TPSA) is 95.6 Å². The number of ether oxygens (including phenoxy) is 2. The van der Waals surface area contributed by atoms with E-state index in [4.69, 9.17) is 19.2 Å². The van der Waals surface area contributed by atoms with E-state index in [9.17, 15) is 4.79 Å². The van der Waals surface area contributed by atoms with E-state index in [0.29, 0.717) is 25.3 Å². The number of H-pyrrole nitrogens is 1. The van der Waals surface area contributed by atoms with Gasteiger partial charge in [-0.25, -0.2) is 14.8 Å². The number of methoxy groups -OCH3 is 1. The maximum absolute atomic E-state index is 11.9. The molecule has 1 aromatic carbocycles. The van der Waals surface area contributed by atoms with E-state index in [0.717, 1.165) is 34.1 Å². The molecule has 0 amide bonds. The predicted molar refractivity (Wildman–Crippen MR) is 132 cm³/mol. The summed E-state index contributed by atoms with van der Waals surface area (Å²) < 4.78 is 11.8. The van der Waals surface area contributed by atoms with Crippen LogP contribution in [0.2, 0.25) is 0 Å². The Kier molecular flexibility index (Phi) is 6.51. The van der Waals surface area contributed by atoms with Crippen LogP contribution in [0.15, 0.2) is 65.1 Å². The zero-order valence-corrected chi connectivity index (χ0v) is 20.1. The number of pyridine rings is 1. The molecule has 0 radical (unpaired) electrons. The smallest absolute Gasteiger partial charge is 0.318 e. The molecule has 182 valence electrons. The molecule has 1 aliphatic heterocycles. The van der Waals surface area contributed by atoms with E-state index in [1.165, 1.54) is 6.07 Å². The average molecular weight is 476 g/mol. The zero-order valence-electron chi connectivity index (χ0n) is 20.1. The average Bonchev–Trinajstić information content (AvgIpc) is 2.88. The SMILES string of the molecule is COC1(C)C=CC(c2ccccc2)=C(C2OOCCC2COc2ncc3c(C)cc(=O)[nH]c3n2)C1. The number of benzene rings is 1. The molecule has 1 aliphatic carbocycles. The van der Waals surface area contributed by atoms with Gasteiger partial charge < -0.3 is 14.5 Å². The Bertz CT molecular complexity index is 1330. The lowest BCUT2D eigenvalue weighted by Gasteiger charge is -2.38. The molecule has 8 nitrogen and oxygen atoms in total. The highest BCUT2D eigenvalue weighted by Crippen LogP contribution is 2.40. The van der Waals surface area contributed by atoms with Crippen LogP contribution in [0.1, 0.15) is 30.9 Å². The normalized spacial score (nSPS) is 24.7. The summed E-state index contributed by atoms with van der Waals surface area (Å²) in [4.78, 5) is 34.7. The van der Waals surface area contributed by atoms with Gasteiger partial charge >= 0.3 is 6.01 Å². The van der Waals surface area contributed by atoms with E-state index >= 15 is 0 Å². The number of fused-ring (bicyclic) bond motifs is 1. The lowest BCUT2D eigenvalue weighted by Crippen LogP contribution is -2.40. The van der Waals surface area contributed by atoms with E-state index in [2.05, 4.69) is 46.2 Å². The van der Waals surface area contributed by atoms with Crippen LogP contribution >= 0.6 is 0 Å². The predicted octanol–water partition coefficient (Wildman–Crippen LogP) is 4.16. The van der Waals surface area contributed by atoms with Gasteiger partial charge in [-0.05, 0) is 42.5 Å². The molecule has 3 unspecified atom stereocenters. The van der Waals surface area contributed by atoms with Gasteiger partial charge in [-0.15, -0.1) is 0 Å². The molecule has 2 aliphatic rings. The summed E-state index contributed by atoms with van der Waals surface area (Å²) in [6.45, 7) is 4.73. The quantitative estimate of drug-likeness (QED) is 0.535. The Balaban J connectivity index is 1.43. The highest BCUT2D eigenvalue weighted by Gasteiger charge is 2.38. The summed E-state index contributed by atoms with van der Waals surface area (Å²) in [5.74, 6) is 0.0147. The molecule has 8 heteroatoms. The molecule has 1 saturated heterocycles. The maximum Gasteiger partial charge on any atom is 0.318 e. The number of aromatic nitrogens is 3. The Morgan fingerprint density at radius 2 is 2.09 bits per heavy atom. The number of allylic oxidation sites excluding steroid dienone is 2. The van der Waals surface area contributed by atoms with Crippen molar-refractivity contribution in [3.05, 3.63) is 81.8 Å². The molecule has 35 heavy (non-hydrogen) atoms. The fraction of sp³-hybridized carbons (Fsp3) is 0.370. The van der Waals surface area contributed by atoms with E-state index in [-0.39, 0.29) is 23.6 Å². The molecular formula is C27H29N3O5. The molecule has 0 saturated carbocycles. The Morgan fingerprint density at radius 3 is 2.89 bits per heavy atom. The number of nitrogens with zero attached hydrogens (tertiary/aromatic N) is 2. The van der Waals surface area contributed by atoms with Gasteiger partial charge in [0, 0.05) is 37.1 Å². The van der Waals surface area contributed by atoms with Gasteiger partial charge in [0.15, 0.2) is 0 Å². The zero-order chi connectivity index (χ0) is 24.4. The van der Waals surface area contributed by atoms with Gasteiger partial charge in [0.25, 0.3) is 0 Å². The van der Waals surface area contributed by atoms with E-state index < -0.39 is 5.60 Å². The molecule has 0 bridgehead atoms. The van der Waals surface area contributed by atoms with Crippen molar-refractivity contribution in [1.82, 2.24) is 15.0 Å². The minimum Gasteiger partial charge on any atom is -0.463 e. The largest absolute Gasteiger partial charge is 0.463 e. The van der Waals surface area contributed by atoms with Crippen LogP contribution in [0.3, 0.4) is 0 Å². The summed E-state index contributed by atoms with van der Waals surface area (Å²) in [6, 6.07) is 12.0. The number of hydrogen-bond donors (Lipinski definition) is 1. The third kappa shape index (κ3) is 4.91. The van der Waals surface area contributed by atoms with Crippen molar-refractivity contribution in [2.45, 2.75) is 38.4 Å².